The summed E-state index contributed by atoms with van der Waals surface area (Å²) in [5.41, 5.74) is 1.48. The Hall–Kier alpha value is -1.20. The second kappa shape index (κ2) is 6.28. The van der Waals surface area contributed by atoms with Crippen LogP contribution in [0, 0.1) is 6.92 Å². The van der Waals surface area contributed by atoms with E-state index in [1.165, 1.54) is 35.1 Å². The minimum atomic E-state index is 0.304. The third-order valence-electron chi connectivity index (χ3n) is 3.74. The van der Waals surface area contributed by atoms with Gasteiger partial charge in [-0.15, -0.1) is 11.3 Å². The first-order chi connectivity index (χ1) is 10.1. The molecule has 0 fully saturated rings. The molecule has 0 saturated heterocycles. The molecule has 3 rings (SSSR count). The van der Waals surface area contributed by atoms with Gasteiger partial charge in [-0.1, -0.05) is 0 Å². The fourth-order valence-electron chi connectivity index (χ4n) is 2.83. The number of aryl methyl sites for hydroxylation is 3. The lowest BCUT2D eigenvalue weighted by atomic mass is 10.2. The molecule has 1 N–H and O–H groups in total. The van der Waals surface area contributed by atoms with Crippen LogP contribution in [-0.2, 0) is 17.6 Å². The first kappa shape index (κ1) is 14.7. The molecule has 0 saturated carbocycles. The lowest BCUT2D eigenvalue weighted by Gasteiger charge is -2.10. The second-order valence-corrected chi connectivity index (χ2v) is 6.94. The van der Waals surface area contributed by atoms with E-state index in [0.29, 0.717) is 6.10 Å². The fourth-order valence-corrected chi connectivity index (χ4v) is 4.14. The van der Waals surface area contributed by atoms with Gasteiger partial charge in [-0.2, -0.15) is 0 Å². The van der Waals surface area contributed by atoms with Crippen molar-refractivity contribution in [2.45, 2.75) is 52.6 Å². The Morgan fingerprint density at radius 3 is 2.95 bits per heavy atom. The molecule has 0 unspecified atom stereocenters. The van der Waals surface area contributed by atoms with Gasteiger partial charge < -0.3 is 10.1 Å². The van der Waals surface area contributed by atoms with Crippen LogP contribution < -0.4 is 5.32 Å². The summed E-state index contributed by atoms with van der Waals surface area (Å²) < 4.78 is 5.58. The summed E-state index contributed by atoms with van der Waals surface area (Å²) in [6.07, 6.45) is 4.95. The maximum absolute atomic E-state index is 5.58. The van der Waals surface area contributed by atoms with Crippen molar-refractivity contribution >= 4 is 27.4 Å². The second-order valence-electron chi connectivity index (χ2n) is 5.86. The summed E-state index contributed by atoms with van der Waals surface area (Å²) in [4.78, 5) is 11.9. The zero-order chi connectivity index (χ0) is 14.8. The van der Waals surface area contributed by atoms with Crippen molar-refractivity contribution in [2.24, 2.45) is 0 Å². The maximum Gasteiger partial charge on any atom is 0.138 e. The Bertz CT molecular complexity index is 636. The molecule has 0 spiro atoms. The first-order valence-electron chi connectivity index (χ1n) is 7.79. The Balaban J connectivity index is 1.75. The fraction of sp³-hybridized carbons (Fsp3) is 0.625. The van der Waals surface area contributed by atoms with Crippen LogP contribution in [0.1, 0.15) is 43.0 Å². The van der Waals surface area contributed by atoms with Gasteiger partial charge >= 0.3 is 0 Å². The number of rotatable bonds is 6. The van der Waals surface area contributed by atoms with E-state index in [-0.39, 0.29) is 0 Å². The average Bonchev–Trinajstić information content (AvgIpc) is 2.97. The summed E-state index contributed by atoms with van der Waals surface area (Å²) in [6, 6.07) is 0. The summed E-state index contributed by atoms with van der Waals surface area (Å²) in [5, 5.41) is 4.76. The van der Waals surface area contributed by atoms with Crippen molar-refractivity contribution in [2.75, 3.05) is 18.5 Å². The summed E-state index contributed by atoms with van der Waals surface area (Å²) in [6.45, 7) is 7.79. The van der Waals surface area contributed by atoms with Gasteiger partial charge in [0.15, 0.2) is 0 Å². The number of hydrogen-bond acceptors (Lipinski definition) is 5. The lowest BCUT2D eigenvalue weighted by Crippen LogP contribution is -2.10. The number of hydrogen-bond donors (Lipinski definition) is 1. The van der Waals surface area contributed by atoms with Gasteiger partial charge in [0.2, 0.25) is 0 Å². The molecule has 0 radical (unpaired) electrons. The minimum Gasteiger partial charge on any atom is -0.379 e. The molecule has 0 bridgehead atoms. The van der Waals surface area contributed by atoms with E-state index in [4.69, 9.17) is 4.74 Å². The summed E-state index contributed by atoms with van der Waals surface area (Å²) >= 11 is 1.85. The molecule has 0 amide bonds. The van der Waals surface area contributed by atoms with Gasteiger partial charge in [0.05, 0.1) is 11.5 Å². The van der Waals surface area contributed by atoms with Crippen LogP contribution in [0.5, 0.6) is 0 Å². The predicted octanol–water partition coefficient (Wildman–Crippen LogP) is 3.72. The number of nitrogens with zero attached hydrogens (tertiary/aromatic N) is 2. The van der Waals surface area contributed by atoms with Gasteiger partial charge in [0.25, 0.3) is 0 Å². The number of ether oxygens (including phenoxy) is 1. The third kappa shape index (κ3) is 3.19. The lowest BCUT2D eigenvalue weighted by molar-refractivity contribution is 0.0787. The SMILES string of the molecule is Cc1nc(NCCCOC(C)C)c2c3c(sc2n1)CCC3. The molecular weight excluding hydrogens is 282 g/mol. The van der Waals surface area contributed by atoms with Crippen LogP contribution >= 0.6 is 11.3 Å². The van der Waals surface area contributed by atoms with Crippen LogP contribution in [0.25, 0.3) is 10.2 Å². The predicted molar refractivity (Wildman–Crippen MR) is 88.4 cm³/mol. The van der Waals surface area contributed by atoms with Gasteiger partial charge in [-0.25, -0.2) is 9.97 Å². The van der Waals surface area contributed by atoms with E-state index in [0.717, 1.165) is 36.0 Å². The Morgan fingerprint density at radius 2 is 2.14 bits per heavy atom. The minimum absolute atomic E-state index is 0.304. The molecule has 0 aliphatic heterocycles. The largest absolute Gasteiger partial charge is 0.379 e. The van der Waals surface area contributed by atoms with Crippen LogP contribution in [0.15, 0.2) is 0 Å². The van der Waals surface area contributed by atoms with E-state index in [1.807, 2.05) is 18.3 Å². The maximum atomic E-state index is 5.58. The van der Waals surface area contributed by atoms with Gasteiger partial charge in [0, 0.05) is 18.0 Å². The number of aromatic nitrogens is 2. The van der Waals surface area contributed by atoms with Crippen molar-refractivity contribution < 1.29 is 4.74 Å². The third-order valence-corrected chi connectivity index (χ3v) is 4.93. The Kier molecular flexibility index (Phi) is 4.40. The molecule has 5 heteroatoms. The highest BCUT2D eigenvalue weighted by molar-refractivity contribution is 7.19. The Labute approximate surface area is 129 Å². The standard InChI is InChI=1S/C16H23N3OS/c1-10(2)20-9-5-8-17-15-14-12-6-4-7-13(12)21-16(14)19-11(3)18-15/h10H,4-9H2,1-3H3,(H,17,18,19). The average molecular weight is 305 g/mol. The van der Waals surface area contributed by atoms with Crippen LogP contribution in [-0.4, -0.2) is 29.2 Å². The quantitative estimate of drug-likeness (QED) is 0.826. The van der Waals surface area contributed by atoms with Crippen molar-refractivity contribution in [3.63, 3.8) is 0 Å². The number of thiophene rings is 1. The van der Waals surface area contributed by atoms with Crippen molar-refractivity contribution in [1.82, 2.24) is 9.97 Å². The van der Waals surface area contributed by atoms with Gasteiger partial charge in [-0.05, 0) is 52.0 Å². The van der Waals surface area contributed by atoms with E-state index in [9.17, 15) is 0 Å². The monoisotopic (exact) mass is 305 g/mol. The van der Waals surface area contributed by atoms with Crippen molar-refractivity contribution in [1.29, 1.82) is 0 Å². The Morgan fingerprint density at radius 1 is 1.29 bits per heavy atom. The normalized spacial score (nSPS) is 14.1. The van der Waals surface area contributed by atoms with E-state index >= 15 is 0 Å². The molecular formula is C16H23N3OS. The molecule has 114 valence electrons. The summed E-state index contributed by atoms with van der Waals surface area (Å²) in [7, 11) is 0. The van der Waals surface area contributed by atoms with Crippen molar-refractivity contribution in [3.05, 3.63) is 16.3 Å². The van der Waals surface area contributed by atoms with Crippen LogP contribution in [0.2, 0.25) is 0 Å². The smallest absolute Gasteiger partial charge is 0.138 e. The first-order valence-corrected chi connectivity index (χ1v) is 8.61. The molecule has 4 nitrogen and oxygen atoms in total. The van der Waals surface area contributed by atoms with Crippen LogP contribution in [0.3, 0.4) is 0 Å². The highest BCUT2D eigenvalue weighted by atomic mass is 32.1. The zero-order valence-corrected chi connectivity index (χ0v) is 13.8. The van der Waals surface area contributed by atoms with Crippen LogP contribution in [0.4, 0.5) is 5.82 Å². The molecule has 21 heavy (non-hydrogen) atoms. The summed E-state index contributed by atoms with van der Waals surface area (Å²) in [5.74, 6) is 1.87. The zero-order valence-electron chi connectivity index (χ0n) is 13.0. The van der Waals surface area contributed by atoms with E-state index < -0.39 is 0 Å². The highest BCUT2D eigenvalue weighted by Crippen LogP contribution is 2.39. The number of fused-ring (bicyclic) bond motifs is 3. The molecule has 1 aliphatic rings. The van der Waals surface area contributed by atoms with E-state index in [2.05, 4.69) is 29.1 Å². The topological polar surface area (TPSA) is 47.0 Å². The molecule has 2 aromatic rings. The highest BCUT2D eigenvalue weighted by Gasteiger charge is 2.21. The van der Waals surface area contributed by atoms with Gasteiger partial charge in [-0.3, -0.25) is 0 Å². The van der Waals surface area contributed by atoms with Crippen molar-refractivity contribution in [3.8, 4) is 0 Å². The molecule has 1 aliphatic carbocycles. The van der Waals surface area contributed by atoms with Gasteiger partial charge in [0.1, 0.15) is 16.5 Å². The van der Waals surface area contributed by atoms with E-state index in [1.54, 1.807) is 0 Å². The number of anilines is 1. The number of nitrogens with one attached hydrogen (secondary N) is 1. The molecule has 0 aromatic carbocycles. The molecule has 0 atom stereocenters. The molecule has 2 heterocycles. The molecule has 2 aromatic heterocycles.